The van der Waals surface area contributed by atoms with E-state index in [0.717, 1.165) is 35.5 Å². The van der Waals surface area contributed by atoms with Gasteiger partial charge in [-0.05, 0) is 45.0 Å². The first-order valence-corrected chi connectivity index (χ1v) is 9.01. The molecule has 1 aromatic carbocycles. The Morgan fingerprint density at radius 3 is 2.84 bits per heavy atom. The molecule has 1 fully saturated rings. The summed E-state index contributed by atoms with van der Waals surface area (Å²) in [6.45, 7) is 6.51. The van der Waals surface area contributed by atoms with Gasteiger partial charge in [0.05, 0.1) is 23.9 Å². The molecule has 1 N–H and O–H groups in total. The summed E-state index contributed by atoms with van der Waals surface area (Å²) >= 11 is 0. The molecule has 1 saturated heterocycles. The van der Waals surface area contributed by atoms with Gasteiger partial charge in [0.2, 0.25) is 0 Å². The second-order valence-corrected chi connectivity index (χ2v) is 6.76. The molecule has 3 heterocycles. The monoisotopic (exact) mass is 336 g/mol. The van der Waals surface area contributed by atoms with Crippen LogP contribution in [0.15, 0.2) is 36.9 Å². The first kappa shape index (κ1) is 16.0. The maximum absolute atomic E-state index is 4.48. The van der Waals surface area contributed by atoms with Crippen LogP contribution < -0.4 is 5.32 Å². The average Bonchev–Trinajstić information content (AvgIpc) is 3.09. The van der Waals surface area contributed by atoms with Crippen LogP contribution in [0.3, 0.4) is 0 Å². The minimum Gasteiger partial charge on any atom is -0.337 e. The molecule has 0 atom stereocenters. The third-order valence-corrected chi connectivity index (χ3v) is 4.78. The van der Waals surface area contributed by atoms with Gasteiger partial charge in [-0.15, -0.1) is 0 Å². The summed E-state index contributed by atoms with van der Waals surface area (Å²) in [7, 11) is 0. The molecule has 0 unspecified atom stereocenters. The molecule has 3 aromatic rings. The number of nitrogens with zero attached hydrogens (tertiary/aromatic N) is 5. The van der Waals surface area contributed by atoms with Crippen molar-refractivity contribution in [1.29, 1.82) is 0 Å². The molecule has 0 saturated carbocycles. The van der Waals surface area contributed by atoms with E-state index in [2.05, 4.69) is 44.3 Å². The second kappa shape index (κ2) is 7.19. The molecule has 25 heavy (non-hydrogen) atoms. The molecule has 6 nitrogen and oxygen atoms in total. The van der Waals surface area contributed by atoms with E-state index in [0.29, 0.717) is 0 Å². The Kier molecular flexibility index (Phi) is 4.61. The quantitative estimate of drug-likeness (QED) is 0.774. The van der Waals surface area contributed by atoms with Crippen LogP contribution in [0, 0.1) is 6.92 Å². The van der Waals surface area contributed by atoms with E-state index >= 15 is 0 Å². The zero-order valence-corrected chi connectivity index (χ0v) is 14.6. The van der Waals surface area contributed by atoms with Crippen LogP contribution in [0.1, 0.15) is 24.8 Å². The fourth-order valence-corrected chi connectivity index (χ4v) is 3.38. The number of anilines is 2. The van der Waals surface area contributed by atoms with Gasteiger partial charge in [0, 0.05) is 18.1 Å². The van der Waals surface area contributed by atoms with Crippen molar-refractivity contribution in [3.63, 3.8) is 0 Å². The van der Waals surface area contributed by atoms with Crippen LogP contribution in [0.25, 0.3) is 10.9 Å². The van der Waals surface area contributed by atoms with Gasteiger partial charge in [0.15, 0.2) is 0 Å². The van der Waals surface area contributed by atoms with E-state index in [1.54, 1.807) is 6.33 Å². The molecule has 1 aliphatic rings. The SMILES string of the molecule is Cc1ccc2ncnc(Nc3cnn(CCN4CCCCC4)c3)c2c1. The molecular formula is C19H24N6. The number of likely N-dealkylation sites (tertiary alicyclic amines) is 1. The van der Waals surface area contributed by atoms with Gasteiger partial charge < -0.3 is 10.2 Å². The fourth-order valence-electron chi connectivity index (χ4n) is 3.38. The molecule has 4 rings (SSSR count). The molecule has 130 valence electrons. The molecule has 0 amide bonds. The molecular weight excluding hydrogens is 312 g/mol. The molecule has 0 bridgehead atoms. The van der Waals surface area contributed by atoms with Crippen LogP contribution >= 0.6 is 0 Å². The van der Waals surface area contributed by atoms with Crippen molar-refractivity contribution in [1.82, 2.24) is 24.6 Å². The van der Waals surface area contributed by atoms with Crippen LogP contribution in [-0.4, -0.2) is 44.3 Å². The van der Waals surface area contributed by atoms with Crippen molar-refractivity contribution in [2.45, 2.75) is 32.7 Å². The Morgan fingerprint density at radius 1 is 1.08 bits per heavy atom. The topological polar surface area (TPSA) is 58.9 Å². The molecule has 0 aliphatic carbocycles. The van der Waals surface area contributed by atoms with E-state index in [1.807, 2.05) is 23.1 Å². The minimum absolute atomic E-state index is 0.823. The van der Waals surface area contributed by atoms with Crippen LogP contribution in [0.2, 0.25) is 0 Å². The minimum atomic E-state index is 0.823. The Hall–Kier alpha value is -2.47. The normalized spacial score (nSPS) is 15.6. The predicted octanol–water partition coefficient (Wildman–Crippen LogP) is 3.36. The zero-order chi connectivity index (χ0) is 17.1. The lowest BCUT2D eigenvalue weighted by Gasteiger charge is -2.26. The summed E-state index contributed by atoms with van der Waals surface area (Å²) in [5.74, 6) is 0.823. The summed E-state index contributed by atoms with van der Waals surface area (Å²) in [5.41, 5.74) is 3.10. The summed E-state index contributed by atoms with van der Waals surface area (Å²) in [5, 5.41) is 8.89. The Balaban J connectivity index is 1.45. The average molecular weight is 336 g/mol. The molecule has 0 radical (unpaired) electrons. The maximum atomic E-state index is 4.48. The van der Waals surface area contributed by atoms with Gasteiger partial charge in [0.1, 0.15) is 12.1 Å². The Morgan fingerprint density at radius 2 is 1.96 bits per heavy atom. The van der Waals surface area contributed by atoms with Crippen molar-refractivity contribution < 1.29 is 0 Å². The summed E-state index contributed by atoms with van der Waals surface area (Å²) in [4.78, 5) is 11.3. The first-order valence-electron chi connectivity index (χ1n) is 9.01. The number of rotatable bonds is 5. The molecule has 6 heteroatoms. The maximum Gasteiger partial charge on any atom is 0.141 e. The van der Waals surface area contributed by atoms with Gasteiger partial charge in [0.25, 0.3) is 0 Å². The standard InChI is InChI=1S/C19H24N6/c1-15-5-6-18-17(11-15)19(21-14-20-18)23-16-12-22-25(13-16)10-9-24-7-3-2-4-8-24/h5-6,11-14H,2-4,7-10H2,1H3,(H,20,21,23). The number of nitrogens with one attached hydrogen (secondary N) is 1. The summed E-state index contributed by atoms with van der Waals surface area (Å²) in [6.07, 6.45) is 9.53. The summed E-state index contributed by atoms with van der Waals surface area (Å²) in [6, 6.07) is 6.20. The highest BCUT2D eigenvalue weighted by molar-refractivity contribution is 5.90. The number of benzene rings is 1. The number of hydrogen-bond donors (Lipinski definition) is 1. The van der Waals surface area contributed by atoms with Crippen LogP contribution in [0.4, 0.5) is 11.5 Å². The molecule has 0 spiro atoms. The third-order valence-electron chi connectivity index (χ3n) is 4.78. The van der Waals surface area contributed by atoms with Crippen molar-refractivity contribution in [2.24, 2.45) is 0 Å². The van der Waals surface area contributed by atoms with Gasteiger partial charge in [-0.3, -0.25) is 4.68 Å². The van der Waals surface area contributed by atoms with Crippen molar-refractivity contribution in [2.75, 3.05) is 25.0 Å². The van der Waals surface area contributed by atoms with Crippen molar-refractivity contribution in [3.05, 3.63) is 42.5 Å². The van der Waals surface area contributed by atoms with E-state index in [-0.39, 0.29) is 0 Å². The van der Waals surface area contributed by atoms with Crippen LogP contribution in [-0.2, 0) is 6.54 Å². The van der Waals surface area contributed by atoms with Gasteiger partial charge in [-0.1, -0.05) is 18.1 Å². The number of hydrogen-bond acceptors (Lipinski definition) is 5. The first-order chi connectivity index (χ1) is 12.3. The van der Waals surface area contributed by atoms with Crippen molar-refractivity contribution >= 4 is 22.4 Å². The highest BCUT2D eigenvalue weighted by Gasteiger charge is 2.10. The number of aryl methyl sites for hydroxylation is 1. The lowest BCUT2D eigenvalue weighted by atomic mass is 10.1. The van der Waals surface area contributed by atoms with Crippen molar-refractivity contribution in [3.8, 4) is 0 Å². The molecule has 2 aromatic heterocycles. The third kappa shape index (κ3) is 3.79. The zero-order valence-electron chi connectivity index (χ0n) is 14.6. The highest BCUT2D eigenvalue weighted by atomic mass is 15.3. The number of piperidine rings is 1. The summed E-state index contributed by atoms with van der Waals surface area (Å²) < 4.78 is 2.01. The van der Waals surface area contributed by atoms with Gasteiger partial charge in [-0.2, -0.15) is 5.10 Å². The van der Waals surface area contributed by atoms with Gasteiger partial charge in [-0.25, -0.2) is 9.97 Å². The Bertz CT molecular complexity index is 850. The predicted molar refractivity (Wildman–Crippen MR) is 100 cm³/mol. The van der Waals surface area contributed by atoms with Crippen LogP contribution in [0.5, 0.6) is 0 Å². The Labute approximate surface area is 147 Å². The smallest absolute Gasteiger partial charge is 0.141 e. The number of fused-ring (bicyclic) bond motifs is 1. The lowest BCUT2D eigenvalue weighted by Crippen LogP contribution is -2.32. The number of aromatic nitrogens is 4. The van der Waals surface area contributed by atoms with E-state index < -0.39 is 0 Å². The largest absolute Gasteiger partial charge is 0.337 e. The van der Waals surface area contributed by atoms with E-state index in [9.17, 15) is 0 Å². The van der Waals surface area contributed by atoms with E-state index in [4.69, 9.17) is 0 Å². The fraction of sp³-hybridized carbons (Fsp3) is 0.421. The second-order valence-electron chi connectivity index (χ2n) is 6.76. The molecule has 1 aliphatic heterocycles. The van der Waals surface area contributed by atoms with E-state index in [1.165, 1.54) is 37.9 Å². The van der Waals surface area contributed by atoms with Gasteiger partial charge >= 0.3 is 0 Å². The lowest BCUT2D eigenvalue weighted by molar-refractivity contribution is 0.218. The highest BCUT2D eigenvalue weighted by Crippen LogP contribution is 2.23.